The maximum absolute atomic E-state index is 12.4. The van der Waals surface area contributed by atoms with Gasteiger partial charge in [0.15, 0.2) is 0 Å². The van der Waals surface area contributed by atoms with Gasteiger partial charge in [0.25, 0.3) is 0 Å². The Hall–Kier alpha value is -2.44. The standard InChI is InChI=1S/C17H17ClN4O2/c1-24-11-15(12-6-8-13(18)9-7-12)19-17(23)10-22-16-5-3-2-4-14(16)20-21-22/h2-9,15H,10-11H2,1H3,(H,19,23)/t15-/m0/s1. The van der Waals surface area contributed by atoms with Gasteiger partial charge in [-0.2, -0.15) is 0 Å². The second kappa shape index (κ2) is 7.42. The molecule has 0 spiro atoms. The summed E-state index contributed by atoms with van der Waals surface area (Å²) >= 11 is 5.91. The van der Waals surface area contributed by atoms with E-state index in [0.29, 0.717) is 11.6 Å². The summed E-state index contributed by atoms with van der Waals surface area (Å²) in [5, 5.41) is 11.7. The van der Waals surface area contributed by atoms with E-state index >= 15 is 0 Å². The fourth-order valence-electron chi connectivity index (χ4n) is 2.49. The number of nitrogens with one attached hydrogen (secondary N) is 1. The number of aromatic nitrogens is 3. The van der Waals surface area contributed by atoms with Crippen LogP contribution in [0.4, 0.5) is 0 Å². The number of hydrogen-bond donors (Lipinski definition) is 1. The molecule has 1 aromatic heterocycles. The number of ether oxygens (including phenoxy) is 1. The molecule has 1 heterocycles. The second-order valence-electron chi connectivity index (χ2n) is 5.36. The van der Waals surface area contributed by atoms with Crippen LogP contribution in [0.25, 0.3) is 11.0 Å². The summed E-state index contributed by atoms with van der Waals surface area (Å²) in [7, 11) is 1.60. The highest BCUT2D eigenvalue weighted by molar-refractivity contribution is 6.30. The molecule has 0 aliphatic carbocycles. The van der Waals surface area contributed by atoms with Gasteiger partial charge in [0.05, 0.1) is 18.2 Å². The van der Waals surface area contributed by atoms with Gasteiger partial charge in [0.1, 0.15) is 12.1 Å². The zero-order valence-corrected chi connectivity index (χ0v) is 13.9. The summed E-state index contributed by atoms with van der Waals surface area (Å²) in [6, 6.07) is 14.6. The summed E-state index contributed by atoms with van der Waals surface area (Å²) in [6.07, 6.45) is 0. The maximum atomic E-state index is 12.4. The monoisotopic (exact) mass is 344 g/mol. The summed E-state index contributed by atoms with van der Waals surface area (Å²) in [5.74, 6) is -0.164. The van der Waals surface area contributed by atoms with E-state index in [0.717, 1.165) is 16.6 Å². The molecule has 0 unspecified atom stereocenters. The molecule has 0 bridgehead atoms. The Morgan fingerprint density at radius 2 is 2.00 bits per heavy atom. The Labute approximate surface area is 144 Å². The molecule has 3 aromatic rings. The molecule has 0 radical (unpaired) electrons. The lowest BCUT2D eigenvalue weighted by molar-refractivity contribution is -0.123. The van der Waals surface area contributed by atoms with E-state index in [1.165, 1.54) is 0 Å². The van der Waals surface area contributed by atoms with Crippen LogP contribution in [0.2, 0.25) is 5.02 Å². The van der Waals surface area contributed by atoms with Crippen molar-refractivity contribution in [3.05, 3.63) is 59.1 Å². The Kier molecular flexibility index (Phi) is 5.08. The molecular formula is C17H17ClN4O2. The minimum Gasteiger partial charge on any atom is -0.382 e. The number of para-hydroxylation sites is 1. The van der Waals surface area contributed by atoms with Gasteiger partial charge in [-0.1, -0.05) is 41.1 Å². The van der Waals surface area contributed by atoms with Gasteiger partial charge in [-0.3, -0.25) is 4.79 Å². The molecule has 7 heteroatoms. The molecule has 1 amide bonds. The van der Waals surface area contributed by atoms with Gasteiger partial charge < -0.3 is 10.1 Å². The first-order valence-corrected chi connectivity index (χ1v) is 7.87. The summed E-state index contributed by atoms with van der Waals surface area (Å²) in [6.45, 7) is 0.458. The lowest BCUT2D eigenvalue weighted by Gasteiger charge is -2.18. The SMILES string of the molecule is COC[C@H](NC(=O)Cn1nnc2ccccc21)c1ccc(Cl)cc1. The molecule has 24 heavy (non-hydrogen) atoms. The van der Waals surface area contributed by atoms with Crippen LogP contribution in [0.1, 0.15) is 11.6 Å². The fourth-order valence-corrected chi connectivity index (χ4v) is 2.62. The maximum Gasteiger partial charge on any atom is 0.242 e. The van der Waals surface area contributed by atoms with Crippen LogP contribution >= 0.6 is 11.6 Å². The van der Waals surface area contributed by atoms with Gasteiger partial charge in [-0.25, -0.2) is 4.68 Å². The van der Waals surface area contributed by atoms with Crippen molar-refractivity contribution in [1.29, 1.82) is 0 Å². The predicted molar refractivity (Wildman–Crippen MR) is 91.7 cm³/mol. The molecular weight excluding hydrogens is 328 g/mol. The van der Waals surface area contributed by atoms with Crippen LogP contribution in [0, 0.1) is 0 Å². The molecule has 0 aliphatic rings. The molecule has 2 aromatic carbocycles. The smallest absolute Gasteiger partial charge is 0.242 e. The average molecular weight is 345 g/mol. The molecule has 0 saturated heterocycles. The average Bonchev–Trinajstić information content (AvgIpc) is 2.98. The number of fused-ring (bicyclic) bond motifs is 1. The van der Waals surface area contributed by atoms with Crippen molar-refractivity contribution >= 4 is 28.5 Å². The van der Waals surface area contributed by atoms with Crippen molar-refractivity contribution in [3.63, 3.8) is 0 Å². The van der Waals surface area contributed by atoms with Crippen LogP contribution in [0.3, 0.4) is 0 Å². The van der Waals surface area contributed by atoms with E-state index in [1.807, 2.05) is 36.4 Å². The van der Waals surface area contributed by atoms with Crippen molar-refractivity contribution in [2.24, 2.45) is 0 Å². The van der Waals surface area contributed by atoms with Crippen LogP contribution in [-0.4, -0.2) is 34.6 Å². The van der Waals surface area contributed by atoms with Gasteiger partial charge in [-0.15, -0.1) is 5.10 Å². The quantitative estimate of drug-likeness (QED) is 0.746. The van der Waals surface area contributed by atoms with Gasteiger partial charge in [0, 0.05) is 12.1 Å². The van der Waals surface area contributed by atoms with Gasteiger partial charge >= 0.3 is 0 Å². The molecule has 3 rings (SSSR count). The first kappa shape index (κ1) is 16.4. The van der Waals surface area contributed by atoms with Crippen LogP contribution < -0.4 is 5.32 Å². The second-order valence-corrected chi connectivity index (χ2v) is 5.80. The Morgan fingerprint density at radius 1 is 1.25 bits per heavy atom. The van der Waals surface area contributed by atoms with E-state index in [9.17, 15) is 4.79 Å². The highest BCUT2D eigenvalue weighted by Gasteiger charge is 2.16. The fraction of sp³-hybridized carbons (Fsp3) is 0.235. The molecule has 6 nitrogen and oxygen atoms in total. The summed E-state index contributed by atoms with van der Waals surface area (Å²) < 4.78 is 6.79. The Morgan fingerprint density at radius 3 is 2.75 bits per heavy atom. The number of rotatable bonds is 6. The minimum absolute atomic E-state index is 0.0916. The van der Waals surface area contributed by atoms with Crippen molar-refractivity contribution in [1.82, 2.24) is 20.3 Å². The third-order valence-electron chi connectivity index (χ3n) is 3.65. The van der Waals surface area contributed by atoms with Crippen LogP contribution in [0.5, 0.6) is 0 Å². The predicted octanol–water partition coefficient (Wildman–Crippen LogP) is 2.59. The number of carbonyl (C=O) groups is 1. The van der Waals surface area contributed by atoms with E-state index in [4.69, 9.17) is 16.3 Å². The topological polar surface area (TPSA) is 69.0 Å². The Balaban J connectivity index is 1.72. The summed E-state index contributed by atoms with van der Waals surface area (Å²) in [5.41, 5.74) is 2.51. The number of carbonyl (C=O) groups excluding carboxylic acids is 1. The minimum atomic E-state index is -0.255. The first-order valence-electron chi connectivity index (χ1n) is 7.49. The Bertz CT molecular complexity index is 832. The zero-order valence-electron chi connectivity index (χ0n) is 13.1. The molecule has 124 valence electrons. The molecule has 0 saturated carbocycles. The number of hydrogen-bond acceptors (Lipinski definition) is 4. The van der Waals surface area contributed by atoms with Crippen molar-refractivity contribution in [2.75, 3.05) is 13.7 Å². The van der Waals surface area contributed by atoms with Crippen molar-refractivity contribution in [3.8, 4) is 0 Å². The zero-order chi connectivity index (χ0) is 16.9. The number of benzene rings is 2. The largest absolute Gasteiger partial charge is 0.382 e. The first-order chi connectivity index (χ1) is 11.7. The molecule has 0 fully saturated rings. The van der Waals surface area contributed by atoms with Crippen LogP contribution in [0.15, 0.2) is 48.5 Å². The summed E-state index contributed by atoms with van der Waals surface area (Å²) in [4.78, 5) is 12.4. The molecule has 0 aliphatic heterocycles. The van der Waals surface area contributed by atoms with E-state index < -0.39 is 0 Å². The van der Waals surface area contributed by atoms with Gasteiger partial charge in [-0.05, 0) is 29.8 Å². The highest BCUT2D eigenvalue weighted by atomic mass is 35.5. The lowest BCUT2D eigenvalue weighted by Crippen LogP contribution is -2.34. The molecule has 1 atom stereocenters. The van der Waals surface area contributed by atoms with E-state index in [1.54, 1.807) is 23.9 Å². The third kappa shape index (κ3) is 3.72. The van der Waals surface area contributed by atoms with Crippen molar-refractivity contribution < 1.29 is 9.53 Å². The van der Waals surface area contributed by atoms with Gasteiger partial charge in [0.2, 0.25) is 5.91 Å². The van der Waals surface area contributed by atoms with Crippen LogP contribution in [-0.2, 0) is 16.1 Å². The van der Waals surface area contributed by atoms with E-state index in [2.05, 4.69) is 15.6 Å². The number of methoxy groups -OCH3 is 1. The lowest BCUT2D eigenvalue weighted by atomic mass is 10.1. The normalized spacial score (nSPS) is 12.2. The number of halogens is 1. The molecule has 1 N–H and O–H groups in total. The van der Waals surface area contributed by atoms with E-state index in [-0.39, 0.29) is 18.5 Å². The highest BCUT2D eigenvalue weighted by Crippen LogP contribution is 2.17. The van der Waals surface area contributed by atoms with Crippen molar-refractivity contribution in [2.45, 2.75) is 12.6 Å². The third-order valence-corrected chi connectivity index (χ3v) is 3.91. The number of amides is 1. The number of nitrogens with zero attached hydrogens (tertiary/aromatic N) is 3.